The van der Waals surface area contributed by atoms with Crippen LogP contribution < -0.4 is 10.2 Å². The Morgan fingerprint density at radius 3 is 2.39 bits per heavy atom. The van der Waals surface area contributed by atoms with Gasteiger partial charge in [0, 0.05) is 30.9 Å². The zero-order valence-electron chi connectivity index (χ0n) is 16.5. The molecule has 0 amide bonds. The Morgan fingerprint density at radius 2 is 1.79 bits per heavy atom. The molecule has 3 aliphatic rings. The Balaban J connectivity index is 1.43. The first-order valence-corrected chi connectivity index (χ1v) is 10.2. The topological polar surface area (TPSA) is 68.1 Å². The van der Waals surface area contributed by atoms with Crippen LogP contribution in [0.1, 0.15) is 37.1 Å². The molecule has 0 atom stereocenters. The summed E-state index contributed by atoms with van der Waals surface area (Å²) in [6, 6.07) is 4.27. The number of nitrogens with one attached hydrogen (secondary N) is 1. The van der Waals surface area contributed by atoms with Gasteiger partial charge in [0.15, 0.2) is 5.82 Å². The van der Waals surface area contributed by atoms with Gasteiger partial charge in [0.1, 0.15) is 12.0 Å². The Hall–Kier alpha value is -2.22. The molecule has 1 aliphatic carbocycles. The van der Waals surface area contributed by atoms with Gasteiger partial charge in [0.05, 0.1) is 24.3 Å². The summed E-state index contributed by atoms with van der Waals surface area (Å²) in [5.74, 6) is 2.29. The lowest BCUT2D eigenvalue weighted by Gasteiger charge is -2.55. The second kappa shape index (κ2) is 6.69. The molecule has 150 valence electrons. The molecule has 1 saturated carbocycles. The van der Waals surface area contributed by atoms with Gasteiger partial charge in [-0.1, -0.05) is 0 Å². The summed E-state index contributed by atoms with van der Waals surface area (Å²) in [5, 5.41) is 8.04. The first-order valence-electron chi connectivity index (χ1n) is 10.2. The number of nitrogens with zero attached hydrogens (tertiary/aromatic N) is 5. The van der Waals surface area contributed by atoms with Gasteiger partial charge in [-0.05, 0) is 45.6 Å². The smallest absolute Gasteiger partial charge is 0.226 e. The van der Waals surface area contributed by atoms with Crippen molar-refractivity contribution in [3.05, 3.63) is 23.5 Å². The summed E-state index contributed by atoms with van der Waals surface area (Å²) in [6.07, 6.45) is 2.17. The van der Waals surface area contributed by atoms with E-state index in [0.29, 0.717) is 24.2 Å². The van der Waals surface area contributed by atoms with E-state index in [2.05, 4.69) is 15.3 Å². The van der Waals surface area contributed by atoms with Gasteiger partial charge in [0.2, 0.25) is 5.95 Å². The van der Waals surface area contributed by atoms with E-state index < -0.39 is 6.17 Å². The lowest BCUT2D eigenvalue weighted by atomic mass is 9.78. The molecule has 0 bridgehead atoms. The van der Waals surface area contributed by atoms with Crippen molar-refractivity contribution in [3.63, 3.8) is 0 Å². The summed E-state index contributed by atoms with van der Waals surface area (Å²) >= 11 is 0. The normalized spacial score (nSPS) is 26.0. The Kier molecular flexibility index (Phi) is 4.26. The SMILES string of the molecule is Cc1cc(C)n(-c2cc(N3CC4(COC4)C3)nc(NC3CCC(F)CC3)n2)n1. The Morgan fingerprint density at radius 1 is 1.07 bits per heavy atom. The van der Waals surface area contributed by atoms with Crippen LogP contribution in [-0.2, 0) is 4.74 Å². The lowest BCUT2D eigenvalue weighted by molar-refractivity contribution is -0.127. The number of anilines is 2. The molecule has 1 N–H and O–H groups in total. The number of halogens is 1. The highest BCUT2D eigenvalue weighted by Gasteiger charge is 2.49. The highest BCUT2D eigenvalue weighted by atomic mass is 19.1. The number of rotatable bonds is 4. The zero-order chi connectivity index (χ0) is 19.3. The minimum atomic E-state index is -0.669. The van der Waals surface area contributed by atoms with Crippen LogP contribution in [-0.4, -0.2) is 58.3 Å². The third-order valence-corrected chi connectivity index (χ3v) is 6.11. The largest absolute Gasteiger partial charge is 0.380 e. The van der Waals surface area contributed by atoms with Gasteiger partial charge in [-0.3, -0.25) is 0 Å². The van der Waals surface area contributed by atoms with E-state index in [1.54, 1.807) is 0 Å². The Bertz CT molecular complexity index is 864. The van der Waals surface area contributed by atoms with Gasteiger partial charge in [-0.2, -0.15) is 15.1 Å². The second-order valence-corrected chi connectivity index (χ2v) is 8.69. The molecule has 1 spiro atoms. The predicted octanol–water partition coefficient (Wildman–Crippen LogP) is 2.81. The van der Waals surface area contributed by atoms with Crippen LogP contribution in [0.5, 0.6) is 0 Å². The standard InChI is InChI=1S/C20H27FN6O/c1-13-7-14(2)27(25-13)18-8-17(26-9-20(10-26)11-28-12-20)23-19(24-18)22-16-5-3-15(21)4-6-16/h7-8,15-16H,3-6,9-12H2,1-2H3,(H,22,23,24). The molecule has 0 unspecified atom stereocenters. The monoisotopic (exact) mass is 386 g/mol. The van der Waals surface area contributed by atoms with Crippen molar-refractivity contribution in [2.75, 3.05) is 36.5 Å². The number of hydrogen-bond acceptors (Lipinski definition) is 6. The number of alkyl halides is 1. The van der Waals surface area contributed by atoms with Gasteiger partial charge < -0.3 is 15.0 Å². The molecule has 3 fully saturated rings. The fourth-order valence-corrected chi connectivity index (χ4v) is 4.50. The fourth-order valence-electron chi connectivity index (χ4n) is 4.50. The molecule has 2 aliphatic heterocycles. The predicted molar refractivity (Wildman–Crippen MR) is 105 cm³/mol. The van der Waals surface area contributed by atoms with Crippen molar-refractivity contribution in [1.82, 2.24) is 19.7 Å². The second-order valence-electron chi connectivity index (χ2n) is 8.69. The zero-order valence-corrected chi connectivity index (χ0v) is 16.5. The highest BCUT2D eigenvalue weighted by molar-refractivity contribution is 5.52. The van der Waals surface area contributed by atoms with Crippen molar-refractivity contribution in [3.8, 4) is 5.82 Å². The van der Waals surface area contributed by atoms with Crippen molar-refractivity contribution in [2.24, 2.45) is 5.41 Å². The quantitative estimate of drug-likeness (QED) is 0.872. The van der Waals surface area contributed by atoms with Gasteiger partial charge >= 0.3 is 0 Å². The molecular formula is C20H27FN6O. The average Bonchev–Trinajstić information content (AvgIpc) is 2.93. The fraction of sp³-hybridized carbons (Fsp3) is 0.650. The van der Waals surface area contributed by atoms with Crippen LogP contribution in [0.3, 0.4) is 0 Å². The third-order valence-electron chi connectivity index (χ3n) is 6.11. The van der Waals surface area contributed by atoms with Crippen molar-refractivity contribution in [2.45, 2.75) is 51.7 Å². The van der Waals surface area contributed by atoms with Crippen LogP contribution in [0.2, 0.25) is 0 Å². The average molecular weight is 386 g/mol. The van der Waals surface area contributed by atoms with Crippen molar-refractivity contribution in [1.29, 1.82) is 0 Å². The van der Waals surface area contributed by atoms with E-state index in [0.717, 1.165) is 62.2 Å². The molecule has 28 heavy (non-hydrogen) atoms. The summed E-state index contributed by atoms with van der Waals surface area (Å²) in [7, 11) is 0. The lowest BCUT2D eigenvalue weighted by Crippen LogP contribution is -2.66. The molecule has 7 nitrogen and oxygen atoms in total. The summed E-state index contributed by atoms with van der Waals surface area (Å²) in [4.78, 5) is 11.8. The summed E-state index contributed by atoms with van der Waals surface area (Å²) < 4.78 is 20.7. The number of aromatic nitrogens is 4. The first kappa shape index (κ1) is 17.8. The van der Waals surface area contributed by atoms with Crippen molar-refractivity contribution >= 4 is 11.8 Å². The maximum Gasteiger partial charge on any atom is 0.226 e. The molecule has 2 aromatic rings. The van der Waals surface area contributed by atoms with Crippen LogP contribution in [0.4, 0.5) is 16.2 Å². The van der Waals surface area contributed by atoms with Gasteiger partial charge in [-0.15, -0.1) is 0 Å². The van der Waals surface area contributed by atoms with E-state index >= 15 is 0 Å². The molecule has 5 rings (SSSR count). The van der Waals surface area contributed by atoms with E-state index in [1.807, 2.05) is 30.7 Å². The molecule has 0 aromatic carbocycles. The van der Waals surface area contributed by atoms with Gasteiger partial charge in [0.25, 0.3) is 0 Å². The summed E-state index contributed by atoms with van der Waals surface area (Å²) in [5.41, 5.74) is 2.32. The summed E-state index contributed by atoms with van der Waals surface area (Å²) in [6.45, 7) is 7.63. The number of aryl methyl sites for hydroxylation is 2. The van der Waals surface area contributed by atoms with Crippen LogP contribution in [0.15, 0.2) is 12.1 Å². The van der Waals surface area contributed by atoms with Crippen LogP contribution in [0, 0.1) is 19.3 Å². The molecular weight excluding hydrogens is 359 g/mol. The van der Waals surface area contributed by atoms with E-state index in [-0.39, 0.29) is 6.04 Å². The van der Waals surface area contributed by atoms with E-state index in [9.17, 15) is 4.39 Å². The first-order chi connectivity index (χ1) is 13.5. The number of ether oxygens (including phenoxy) is 1. The van der Waals surface area contributed by atoms with E-state index in [1.165, 1.54) is 0 Å². The highest BCUT2D eigenvalue weighted by Crippen LogP contribution is 2.40. The number of hydrogen-bond donors (Lipinski definition) is 1. The molecule has 2 aromatic heterocycles. The Labute approximate surface area is 164 Å². The van der Waals surface area contributed by atoms with E-state index in [4.69, 9.17) is 14.7 Å². The van der Waals surface area contributed by atoms with Crippen LogP contribution in [0.25, 0.3) is 5.82 Å². The molecule has 4 heterocycles. The molecule has 0 radical (unpaired) electrons. The van der Waals surface area contributed by atoms with Crippen molar-refractivity contribution < 1.29 is 9.13 Å². The maximum atomic E-state index is 13.5. The van der Waals surface area contributed by atoms with Gasteiger partial charge in [-0.25, -0.2) is 9.07 Å². The molecule has 2 saturated heterocycles. The third kappa shape index (κ3) is 3.23. The minimum Gasteiger partial charge on any atom is -0.380 e. The maximum absolute atomic E-state index is 13.5. The van der Waals surface area contributed by atoms with Crippen LogP contribution >= 0.6 is 0 Å². The minimum absolute atomic E-state index is 0.221. The molecule has 8 heteroatoms.